The number of hydrogen-bond acceptors (Lipinski definition) is 5. The maximum absolute atomic E-state index is 6.34. The first-order valence-electron chi connectivity index (χ1n) is 6.17. The number of nitrogens with zero attached hydrogens (tertiary/aromatic N) is 3. The summed E-state index contributed by atoms with van der Waals surface area (Å²) in [7, 11) is 1.96. The second kappa shape index (κ2) is 4.86. The SMILES string of the molecule is Cc1nnc(SC2COc3ccccc3C2N)n1C. The van der Waals surface area contributed by atoms with Gasteiger partial charge in [0.2, 0.25) is 0 Å². The van der Waals surface area contributed by atoms with Gasteiger partial charge >= 0.3 is 0 Å². The molecule has 100 valence electrons. The minimum atomic E-state index is -0.0491. The van der Waals surface area contributed by atoms with E-state index in [0.29, 0.717) is 6.61 Å². The molecule has 2 aromatic rings. The van der Waals surface area contributed by atoms with Crippen LogP contribution in [0.15, 0.2) is 29.4 Å². The van der Waals surface area contributed by atoms with Gasteiger partial charge in [-0.05, 0) is 13.0 Å². The predicted octanol–water partition coefficient (Wildman–Crippen LogP) is 1.68. The lowest BCUT2D eigenvalue weighted by molar-refractivity contribution is 0.275. The summed E-state index contributed by atoms with van der Waals surface area (Å²) in [5, 5.41) is 9.25. The number of benzene rings is 1. The fourth-order valence-corrected chi connectivity index (χ4v) is 3.17. The topological polar surface area (TPSA) is 66.0 Å². The predicted molar refractivity (Wildman–Crippen MR) is 74.3 cm³/mol. The summed E-state index contributed by atoms with van der Waals surface area (Å²) in [5.41, 5.74) is 7.40. The summed E-state index contributed by atoms with van der Waals surface area (Å²) in [6.45, 7) is 2.53. The van der Waals surface area contributed by atoms with Crippen LogP contribution in [-0.2, 0) is 7.05 Å². The molecule has 1 aromatic carbocycles. The molecule has 0 amide bonds. The number of hydrogen-bond donors (Lipinski definition) is 1. The first kappa shape index (κ1) is 12.5. The van der Waals surface area contributed by atoms with Crippen molar-refractivity contribution in [2.75, 3.05) is 6.61 Å². The van der Waals surface area contributed by atoms with Crippen LogP contribution in [-0.4, -0.2) is 26.6 Å². The molecule has 3 rings (SSSR count). The fraction of sp³-hybridized carbons (Fsp3) is 0.385. The van der Waals surface area contributed by atoms with E-state index in [9.17, 15) is 0 Å². The number of aromatic nitrogens is 3. The Hall–Kier alpha value is -1.53. The molecule has 2 N–H and O–H groups in total. The van der Waals surface area contributed by atoms with Gasteiger partial charge in [-0.1, -0.05) is 30.0 Å². The van der Waals surface area contributed by atoms with Gasteiger partial charge in [-0.2, -0.15) is 0 Å². The highest BCUT2D eigenvalue weighted by atomic mass is 32.2. The second-order valence-electron chi connectivity index (χ2n) is 4.62. The number of aryl methyl sites for hydroxylation is 1. The lowest BCUT2D eigenvalue weighted by Gasteiger charge is -2.30. The number of ether oxygens (including phenoxy) is 1. The molecule has 5 nitrogen and oxygen atoms in total. The van der Waals surface area contributed by atoms with Crippen LogP contribution in [0.5, 0.6) is 5.75 Å². The van der Waals surface area contributed by atoms with Crippen LogP contribution in [0.4, 0.5) is 0 Å². The van der Waals surface area contributed by atoms with E-state index in [2.05, 4.69) is 10.2 Å². The van der Waals surface area contributed by atoms with E-state index in [0.717, 1.165) is 22.3 Å². The van der Waals surface area contributed by atoms with Crippen molar-refractivity contribution in [1.29, 1.82) is 0 Å². The van der Waals surface area contributed by atoms with Crippen molar-refractivity contribution in [1.82, 2.24) is 14.8 Å². The highest BCUT2D eigenvalue weighted by Crippen LogP contribution is 2.37. The number of nitrogens with two attached hydrogens (primary N) is 1. The van der Waals surface area contributed by atoms with Crippen molar-refractivity contribution >= 4 is 11.8 Å². The molecular weight excluding hydrogens is 260 g/mol. The molecule has 0 saturated heterocycles. The van der Waals surface area contributed by atoms with Crippen molar-refractivity contribution in [3.05, 3.63) is 35.7 Å². The van der Waals surface area contributed by atoms with E-state index >= 15 is 0 Å². The van der Waals surface area contributed by atoms with Gasteiger partial charge in [0, 0.05) is 18.7 Å². The highest BCUT2D eigenvalue weighted by molar-refractivity contribution is 7.99. The van der Waals surface area contributed by atoms with Gasteiger partial charge in [0.15, 0.2) is 5.16 Å². The van der Waals surface area contributed by atoms with Gasteiger partial charge in [0.05, 0.1) is 5.25 Å². The second-order valence-corrected chi connectivity index (χ2v) is 5.83. The maximum Gasteiger partial charge on any atom is 0.191 e. The molecule has 2 atom stereocenters. The van der Waals surface area contributed by atoms with Gasteiger partial charge in [-0.25, -0.2) is 0 Å². The molecule has 0 saturated carbocycles. The van der Waals surface area contributed by atoms with Crippen LogP contribution < -0.4 is 10.5 Å². The Morgan fingerprint density at radius 2 is 2.16 bits per heavy atom. The fourth-order valence-electron chi connectivity index (χ4n) is 2.10. The zero-order valence-electron chi connectivity index (χ0n) is 10.9. The molecule has 1 aliphatic rings. The van der Waals surface area contributed by atoms with Gasteiger partial charge in [-0.3, -0.25) is 0 Å². The third-order valence-electron chi connectivity index (χ3n) is 3.39. The van der Waals surface area contributed by atoms with Gasteiger partial charge in [0.1, 0.15) is 18.2 Å². The van der Waals surface area contributed by atoms with Gasteiger partial charge < -0.3 is 15.0 Å². The summed E-state index contributed by atoms with van der Waals surface area (Å²) < 4.78 is 7.74. The standard InChI is InChI=1S/C13H16N4OS/c1-8-15-16-13(17(8)2)19-11-7-18-10-6-4-3-5-9(10)12(11)14/h3-6,11-12H,7,14H2,1-2H3. The van der Waals surface area contributed by atoms with E-state index < -0.39 is 0 Å². The minimum absolute atomic E-state index is 0.0491. The summed E-state index contributed by atoms with van der Waals surface area (Å²) >= 11 is 1.62. The van der Waals surface area contributed by atoms with E-state index in [1.807, 2.05) is 42.8 Å². The minimum Gasteiger partial charge on any atom is -0.492 e. The first-order chi connectivity index (χ1) is 9.16. The average molecular weight is 276 g/mol. The monoisotopic (exact) mass is 276 g/mol. The zero-order chi connectivity index (χ0) is 13.4. The Labute approximate surface area is 116 Å². The number of rotatable bonds is 2. The third kappa shape index (κ3) is 2.21. The highest BCUT2D eigenvalue weighted by Gasteiger charge is 2.30. The molecule has 2 unspecified atom stereocenters. The molecule has 0 fully saturated rings. The normalized spacial score (nSPS) is 21.8. The van der Waals surface area contributed by atoms with E-state index in [-0.39, 0.29) is 11.3 Å². The molecule has 19 heavy (non-hydrogen) atoms. The summed E-state index contributed by atoms with van der Waals surface area (Å²) in [6, 6.07) is 7.89. The van der Waals surface area contributed by atoms with Crippen molar-refractivity contribution in [3.8, 4) is 5.75 Å². The van der Waals surface area contributed by atoms with Crippen LogP contribution in [0, 0.1) is 6.92 Å². The Bertz CT molecular complexity index is 598. The van der Waals surface area contributed by atoms with Crippen LogP contribution in [0.2, 0.25) is 0 Å². The van der Waals surface area contributed by atoms with E-state index in [4.69, 9.17) is 10.5 Å². The van der Waals surface area contributed by atoms with Crippen LogP contribution >= 0.6 is 11.8 Å². The van der Waals surface area contributed by atoms with E-state index in [1.165, 1.54) is 0 Å². The maximum atomic E-state index is 6.34. The number of thioether (sulfide) groups is 1. The van der Waals surface area contributed by atoms with Crippen molar-refractivity contribution in [2.45, 2.75) is 23.4 Å². The van der Waals surface area contributed by atoms with Gasteiger partial charge in [-0.15, -0.1) is 10.2 Å². The summed E-state index contributed by atoms with van der Waals surface area (Å²) in [4.78, 5) is 0. The molecule has 1 aliphatic heterocycles. The molecule has 0 aliphatic carbocycles. The van der Waals surface area contributed by atoms with Crippen molar-refractivity contribution < 1.29 is 4.74 Å². The molecule has 2 heterocycles. The molecule has 6 heteroatoms. The molecule has 0 radical (unpaired) electrons. The van der Waals surface area contributed by atoms with Crippen LogP contribution in [0.1, 0.15) is 17.4 Å². The quantitative estimate of drug-likeness (QED) is 0.904. The third-order valence-corrected chi connectivity index (χ3v) is 4.69. The van der Waals surface area contributed by atoms with Crippen molar-refractivity contribution in [3.63, 3.8) is 0 Å². The Morgan fingerprint density at radius 3 is 2.89 bits per heavy atom. The summed E-state index contributed by atoms with van der Waals surface area (Å²) in [6.07, 6.45) is 0. The van der Waals surface area contributed by atoms with Crippen LogP contribution in [0.3, 0.4) is 0 Å². The molecular formula is C13H16N4OS. The van der Waals surface area contributed by atoms with E-state index in [1.54, 1.807) is 11.8 Å². The Morgan fingerprint density at radius 1 is 1.37 bits per heavy atom. The van der Waals surface area contributed by atoms with Crippen LogP contribution in [0.25, 0.3) is 0 Å². The lowest BCUT2D eigenvalue weighted by Crippen LogP contribution is -2.33. The lowest BCUT2D eigenvalue weighted by atomic mass is 10.0. The molecule has 0 bridgehead atoms. The average Bonchev–Trinajstić information content (AvgIpc) is 2.74. The Balaban J connectivity index is 1.83. The summed E-state index contributed by atoms with van der Waals surface area (Å²) in [5.74, 6) is 1.79. The Kier molecular flexibility index (Phi) is 3.20. The number of fused-ring (bicyclic) bond motifs is 1. The molecule has 0 spiro atoms. The largest absolute Gasteiger partial charge is 0.492 e. The first-order valence-corrected chi connectivity index (χ1v) is 7.04. The zero-order valence-corrected chi connectivity index (χ0v) is 11.7. The molecule has 1 aromatic heterocycles. The number of para-hydroxylation sites is 1. The van der Waals surface area contributed by atoms with Crippen molar-refractivity contribution in [2.24, 2.45) is 12.8 Å². The van der Waals surface area contributed by atoms with Gasteiger partial charge in [0.25, 0.3) is 0 Å². The smallest absolute Gasteiger partial charge is 0.191 e.